The van der Waals surface area contributed by atoms with Gasteiger partial charge in [-0.15, -0.1) is 0 Å². The van der Waals surface area contributed by atoms with Gasteiger partial charge in [0.25, 0.3) is 0 Å². The van der Waals surface area contributed by atoms with E-state index in [1.54, 1.807) is 6.34 Å². The van der Waals surface area contributed by atoms with Gasteiger partial charge in [-0.3, -0.25) is 19.9 Å². The van der Waals surface area contributed by atoms with Crippen LogP contribution in [0.4, 0.5) is 0 Å². The molecule has 6 rings (SSSR count). The first-order valence-corrected chi connectivity index (χ1v) is 14.3. The monoisotopic (exact) mass is 522 g/mol. The van der Waals surface area contributed by atoms with Crippen LogP contribution in [0.1, 0.15) is 79.6 Å². The molecule has 2 aromatic heterocycles. The van der Waals surface area contributed by atoms with E-state index in [1.165, 1.54) is 22.0 Å². The second kappa shape index (κ2) is 11.0. The highest BCUT2D eigenvalue weighted by molar-refractivity contribution is 6.12. The van der Waals surface area contributed by atoms with Crippen LogP contribution in [0.3, 0.4) is 0 Å². The zero-order chi connectivity index (χ0) is 26.9. The predicted molar refractivity (Wildman–Crippen MR) is 159 cm³/mol. The second-order valence-electron chi connectivity index (χ2n) is 11.4. The SMILES string of the molecule is Cc1cnc(CN2CCC(c3ccc4[nH]c(C5=C/CCC6N=CN=C6/C(CO)=C\5)c(C(C)C)c4c3)CC2)cn1. The van der Waals surface area contributed by atoms with E-state index in [0.717, 1.165) is 79.3 Å². The third-order valence-corrected chi connectivity index (χ3v) is 8.40. The fourth-order valence-electron chi connectivity index (χ4n) is 6.33. The van der Waals surface area contributed by atoms with Crippen LogP contribution in [-0.4, -0.2) is 62.7 Å². The van der Waals surface area contributed by atoms with E-state index >= 15 is 0 Å². The molecule has 0 bridgehead atoms. The minimum absolute atomic E-state index is 0.0351. The maximum Gasteiger partial charge on any atom is 0.111 e. The van der Waals surface area contributed by atoms with Gasteiger partial charge in [0.2, 0.25) is 0 Å². The van der Waals surface area contributed by atoms with Crippen LogP contribution in [0.15, 0.2) is 58.3 Å². The molecule has 1 aliphatic carbocycles. The number of fused-ring (bicyclic) bond motifs is 2. The van der Waals surface area contributed by atoms with Crippen LogP contribution in [0.25, 0.3) is 16.5 Å². The summed E-state index contributed by atoms with van der Waals surface area (Å²) < 4.78 is 0. The Balaban J connectivity index is 1.26. The lowest BCUT2D eigenvalue weighted by molar-refractivity contribution is 0.202. The van der Waals surface area contributed by atoms with E-state index in [9.17, 15) is 5.11 Å². The standard InChI is InChI=1S/C32H38N6O/c1-20(2)30-27-14-23(22-9-11-38(12-10-22)17-26-16-33-21(3)15-34-26)7-8-28(27)37-32(30)24-5-4-6-29-31(36-19-35-29)25(13-24)18-39/h5,7-8,13-16,19-20,22,29,37,39H,4,6,9-12,17-18H2,1-3H3/b24-5+,25-13-. The number of hydrogen-bond donors (Lipinski definition) is 2. The average molecular weight is 523 g/mol. The number of aromatic amines is 1. The number of allylic oxidation sites excluding steroid dienone is 3. The maximum atomic E-state index is 10.2. The number of aryl methyl sites for hydroxylation is 1. The highest BCUT2D eigenvalue weighted by Crippen LogP contribution is 2.38. The zero-order valence-corrected chi connectivity index (χ0v) is 23.2. The van der Waals surface area contributed by atoms with Crippen molar-refractivity contribution in [3.63, 3.8) is 0 Å². The second-order valence-corrected chi connectivity index (χ2v) is 11.4. The van der Waals surface area contributed by atoms with Crippen LogP contribution in [0.2, 0.25) is 0 Å². The topological polar surface area (TPSA) is 89.8 Å². The van der Waals surface area contributed by atoms with Gasteiger partial charge in [0.15, 0.2) is 0 Å². The van der Waals surface area contributed by atoms with E-state index < -0.39 is 0 Å². The lowest BCUT2D eigenvalue weighted by Crippen LogP contribution is -2.32. The third-order valence-electron chi connectivity index (χ3n) is 8.40. The minimum Gasteiger partial charge on any atom is -0.392 e. The van der Waals surface area contributed by atoms with Gasteiger partial charge in [0.05, 0.1) is 29.7 Å². The summed E-state index contributed by atoms with van der Waals surface area (Å²) in [7, 11) is 0. The van der Waals surface area contributed by atoms with Crippen molar-refractivity contribution >= 4 is 28.5 Å². The summed E-state index contributed by atoms with van der Waals surface area (Å²) in [6, 6.07) is 7.07. The third kappa shape index (κ3) is 5.25. The van der Waals surface area contributed by atoms with Crippen LogP contribution in [0, 0.1) is 6.92 Å². The Labute approximate surface area is 230 Å². The molecule has 0 radical (unpaired) electrons. The molecule has 0 saturated carbocycles. The Kier molecular flexibility index (Phi) is 7.28. The Hall–Kier alpha value is -3.42. The molecule has 7 heteroatoms. The molecule has 3 aliphatic rings. The highest BCUT2D eigenvalue weighted by Gasteiger charge is 2.26. The van der Waals surface area contributed by atoms with Crippen LogP contribution in [-0.2, 0) is 6.54 Å². The molecule has 202 valence electrons. The maximum absolute atomic E-state index is 10.2. The van der Waals surface area contributed by atoms with Crippen LogP contribution < -0.4 is 0 Å². The number of nitrogens with one attached hydrogen (secondary N) is 1. The summed E-state index contributed by atoms with van der Waals surface area (Å²) in [5.41, 5.74) is 10.0. The Bertz CT molecular complexity index is 1470. The van der Waals surface area contributed by atoms with Gasteiger partial charge in [-0.2, -0.15) is 0 Å². The van der Waals surface area contributed by atoms with Gasteiger partial charge in [-0.1, -0.05) is 26.0 Å². The normalized spacial score (nSPS) is 23.2. The van der Waals surface area contributed by atoms with E-state index in [-0.39, 0.29) is 12.6 Å². The number of piperidine rings is 1. The van der Waals surface area contributed by atoms with Gasteiger partial charge in [0.1, 0.15) is 6.34 Å². The van der Waals surface area contributed by atoms with Crippen molar-refractivity contribution in [2.45, 2.75) is 70.9 Å². The van der Waals surface area contributed by atoms with Crippen LogP contribution in [0.5, 0.6) is 0 Å². The molecule has 0 spiro atoms. The Morgan fingerprint density at radius 1 is 1.10 bits per heavy atom. The molecule has 1 unspecified atom stereocenters. The van der Waals surface area contributed by atoms with E-state index in [2.05, 4.69) is 74.0 Å². The average Bonchev–Trinajstić information content (AvgIpc) is 3.55. The number of aliphatic hydroxyl groups is 1. The quantitative estimate of drug-likeness (QED) is 0.434. The Morgan fingerprint density at radius 3 is 2.69 bits per heavy atom. The van der Waals surface area contributed by atoms with Crippen molar-refractivity contribution in [1.29, 1.82) is 0 Å². The number of likely N-dealkylation sites (tertiary alicyclic amines) is 1. The van der Waals surface area contributed by atoms with Crippen molar-refractivity contribution < 1.29 is 5.11 Å². The minimum atomic E-state index is -0.0351. The lowest BCUT2D eigenvalue weighted by atomic mass is 9.87. The molecule has 4 heterocycles. The molecule has 2 N–H and O–H groups in total. The number of nitrogens with zero attached hydrogens (tertiary/aromatic N) is 5. The number of benzene rings is 1. The molecular formula is C32H38N6O. The Morgan fingerprint density at radius 2 is 1.95 bits per heavy atom. The summed E-state index contributed by atoms with van der Waals surface area (Å²) in [4.78, 5) is 24.2. The first-order valence-electron chi connectivity index (χ1n) is 14.3. The molecule has 39 heavy (non-hydrogen) atoms. The summed E-state index contributed by atoms with van der Waals surface area (Å²) in [6.07, 6.45) is 14.0. The molecule has 1 saturated heterocycles. The van der Waals surface area contributed by atoms with Crippen molar-refractivity contribution in [2.75, 3.05) is 19.7 Å². The van der Waals surface area contributed by atoms with Crippen molar-refractivity contribution in [3.05, 3.63) is 76.5 Å². The fraction of sp³-hybridized carbons (Fsp3) is 0.438. The van der Waals surface area contributed by atoms with Crippen molar-refractivity contribution in [1.82, 2.24) is 19.9 Å². The van der Waals surface area contributed by atoms with E-state index in [4.69, 9.17) is 0 Å². The molecule has 1 fully saturated rings. The number of aliphatic imine (C=N–C) groups is 2. The van der Waals surface area contributed by atoms with Crippen molar-refractivity contribution in [2.24, 2.45) is 9.98 Å². The first-order chi connectivity index (χ1) is 19.0. The lowest BCUT2D eigenvalue weighted by Gasteiger charge is -2.32. The summed E-state index contributed by atoms with van der Waals surface area (Å²) >= 11 is 0. The molecular weight excluding hydrogens is 484 g/mol. The van der Waals surface area contributed by atoms with Gasteiger partial charge in [0, 0.05) is 41.1 Å². The van der Waals surface area contributed by atoms with Gasteiger partial charge < -0.3 is 10.1 Å². The molecule has 0 amide bonds. The first kappa shape index (κ1) is 25.8. The van der Waals surface area contributed by atoms with Gasteiger partial charge in [-0.25, -0.2) is 4.99 Å². The number of hydrogen-bond acceptors (Lipinski definition) is 6. The number of rotatable bonds is 6. The zero-order valence-electron chi connectivity index (χ0n) is 23.2. The molecule has 1 atom stereocenters. The highest BCUT2D eigenvalue weighted by atomic mass is 16.3. The summed E-state index contributed by atoms with van der Waals surface area (Å²) in [6.45, 7) is 9.51. The van der Waals surface area contributed by atoms with Gasteiger partial charge in [-0.05, 0) is 92.4 Å². The number of H-pyrrole nitrogens is 1. The van der Waals surface area contributed by atoms with Crippen molar-refractivity contribution in [3.8, 4) is 0 Å². The molecule has 3 aromatic rings. The fourth-order valence-corrected chi connectivity index (χ4v) is 6.33. The number of aliphatic hydroxyl groups excluding tert-OH is 1. The molecule has 2 aliphatic heterocycles. The number of aromatic nitrogens is 3. The molecule has 1 aromatic carbocycles. The largest absolute Gasteiger partial charge is 0.392 e. The van der Waals surface area contributed by atoms with Gasteiger partial charge >= 0.3 is 0 Å². The predicted octanol–water partition coefficient (Wildman–Crippen LogP) is 5.72. The summed E-state index contributed by atoms with van der Waals surface area (Å²) in [5.74, 6) is 0.922. The van der Waals surface area contributed by atoms with E-state index in [0.29, 0.717) is 11.8 Å². The summed E-state index contributed by atoms with van der Waals surface area (Å²) in [5, 5.41) is 11.5. The van der Waals surface area contributed by atoms with E-state index in [1.807, 2.05) is 19.3 Å². The molecule has 7 nitrogen and oxygen atoms in total. The van der Waals surface area contributed by atoms with Crippen LogP contribution >= 0.6 is 0 Å². The smallest absolute Gasteiger partial charge is 0.111 e.